The van der Waals surface area contributed by atoms with Crippen LogP contribution in [-0.2, 0) is 13.1 Å². The predicted molar refractivity (Wildman–Crippen MR) is 87.6 cm³/mol. The van der Waals surface area contributed by atoms with Crippen LogP contribution in [0, 0.1) is 6.92 Å². The number of hydrogen-bond acceptors (Lipinski definition) is 5. The number of β-amino-alcohol motifs (C(OH)–C–C–N with tert-alkyl or cyclic N) is 1. The molecule has 5 heteroatoms. The maximum Gasteiger partial charge on any atom is 0.125 e. The number of pyridine rings is 1. The quantitative estimate of drug-likeness (QED) is 0.939. The van der Waals surface area contributed by atoms with Crippen LogP contribution in [-0.4, -0.2) is 35.8 Å². The maximum absolute atomic E-state index is 10.6. The highest BCUT2D eigenvalue weighted by molar-refractivity contribution is 5.51. The Morgan fingerprint density at radius 3 is 2.65 bits per heavy atom. The molecule has 0 saturated heterocycles. The molecule has 1 aromatic carbocycles. The minimum atomic E-state index is -0.596. The van der Waals surface area contributed by atoms with E-state index in [9.17, 15) is 5.11 Å². The summed E-state index contributed by atoms with van der Waals surface area (Å²) >= 11 is 0. The number of rotatable bonds is 4. The van der Waals surface area contributed by atoms with Crippen molar-refractivity contribution in [3.8, 4) is 11.5 Å². The van der Waals surface area contributed by atoms with Crippen molar-refractivity contribution in [2.75, 3.05) is 20.8 Å². The van der Waals surface area contributed by atoms with E-state index in [4.69, 9.17) is 9.47 Å². The van der Waals surface area contributed by atoms with Gasteiger partial charge in [-0.05, 0) is 30.2 Å². The summed E-state index contributed by atoms with van der Waals surface area (Å²) in [5, 5.41) is 10.6. The topological polar surface area (TPSA) is 54.8 Å². The summed E-state index contributed by atoms with van der Waals surface area (Å²) in [7, 11) is 3.28. The third kappa shape index (κ3) is 3.16. The number of nitrogens with zero attached hydrogens (tertiary/aromatic N) is 2. The van der Waals surface area contributed by atoms with Crippen LogP contribution in [0.5, 0.6) is 11.5 Å². The average Bonchev–Trinajstić information content (AvgIpc) is 2.53. The molecule has 0 radical (unpaired) electrons. The Balaban J connectivity index is 1.90. The summed E-state index contributed by atoms with van der Waals surface area (Å²) in [6, 6.07) is 5.86. The van der Waals surface area contributed by atoms with E-state index in [0.29, 0.717) is 18.8 Å². The minimum absolute atomic E-state index is 0.560. The Kier molecular flexibility index (Phi) is 4.50. The van der Waals surface area contributed by atoms with Crippen LogP contribution in [0.25, 0.3) is 0 Å². The first-order chi connectivity index (χ1) is 11.1. The smallest absolute Gasteiger partial charge is 0.125 e. The fourth-order valence-corrected chi connectivity index (χ4v) is 3.23. The second-order valence-electron chi connectivity index (χ2n) is 5.92. The minimum Gasteiger partial charge on any atom is -0.496 e. The third-order valence-corrected chi connectivity index (χ3v) is 4.20. The summed E-state index contributed by atoms with van der Waals surface area (Å²) in [6.45, 7) is 4.04. The van der Waals surface area contributed by atoms with Gasteiger partial charge in [0.1, 0.15) is 11.5 Å². The van der Waals surface area contributed by atoms with Gasteiger partial charge >= 0.3 is 0 Å². The van der Waals surface area contributed by atoms with Crippen molar-refractivity contribution in [1.82, 2.24) is 9.88 Å². The van der Waals surface area contributed by atoms with Crippen LogP contribution in [0.2, 0.25) is 0 Å². The van der Waals surface area contributed by atoms with Crippen molar-refractivity contribution in [1.29, 1.82) is 0 Å². The van der Waals surface area contributed by atoms with Crippen LogP contribution < -0.4 is 9.47 Å². The zero-order chi connectivity index (χ0) is 16.4. The molecule has 1 aliphatic rings. The van der Waals surface area contributed by atoms with Gasteiger partial charge < -0.3 is 14.6 Å². The van der Waals surface area contributed by atoms with Crippen molar-refractivity contribution >= 4 is 0 Å². The van der Waals surface area contributed by atoms with Crippen LogP contribution in [0.1, 0.15) is 28.4 Å². The first-order valence-corrected chi connectivity index (χ1v) is 7.67. The molecular weight excluding hydrogens is 292 g/mol. The van der Waals surface area contributed by atoms with Crippen LogP contribution >= 0.6 is 0 Å². The van der Waals surface area contributed by atoms with Gasteiger partial charge in [0.05, 0.1) is 20.3 Å². The highest BCUT2D eigenvalue weighted by atomic mass is 16.5. The van der Waals surface area contributed by atoms with E-state index in [0.717, 1.165) is 34.5 Å². The van der Waals surface area contributed by atoms with Gasteiger partial charge in [-0.25, -0.2) is 0 Å². The second-order valence-corrected chi connectivity index (χ2v) is 5.92. The third-order valence-electron chi connectivity index (χ3n) is 4.20. The van der Waals surface area contributed by atoms with Crippen molar-refractivity contribution in [2.24, 2.45) is 0 Å². The Morgan fingerprint density at radius 1 is 1.22 bits per heavy atom. The fraction of sp³-hybridized carbons (Fsp3) is 0.389. The number of fused-ring (bicyclic) bond motifs is 1. The molecule has 2 aromatic rings. The lowest BCUT2D eigenvalue weighted by molar-refractivity contribution is 0.0842. The van der Waals surface area contributed by atoms with Crippen LogP contribution in [0.15, 0.2) is 30.6 Å². The molecule has 122 valence electrons. The van der Waals surface area contributed by atoms with E-state index in [-0.39, 0.29) is 0 Å². The lowest BCUT2D eigenvalue weighted by atomic mass is 9.95. The van der Waals surface area contributed by atoms with Gasteiger partial charge in [-0.3, -0.25) is 9.88 Å². The zero-order valence-electron chi connectivity index (χ0n) is 13.7. The SMILES string of the molecule is COc1ccc(OC)c2c1CN(Cc1cncc(C)c1)C[C@@H]2O. The summed E-state index contributed by atoms with van der Waals surface area (Å²) in [5.74, 6) is 1.50. The highest BCUT2D eigenvalue weighted by Crippen LogP contribution is 2.39. The number of hydrogen-bond donors (Lipinski definition) is 1. The van der Waals surface area contributed by atoms with Gasteiger partial charge in [0.2, 0.25) is 0 Å². The molecule has 0 fully saturated rings. The van der Waals surface area contributed by atoms with Gasteiger partial charge in [0.25, 0.3) is 0 Å². The van der Waals surface area contributed by atoms with E-state index in [1.165, 1.54) is 0 Å². The average molecular weight is 314 g/mol. The summed E-state index contributed by atoms with van der Waals surface area (Å²) < 4.78 is 10.9. The van der Waals surface area contributed by atoms with Gasteiger partial charge in [0.15, 0.2) is 0 Å². The molecule has 5 nitrogen and oxygen atoms in total. The van der Waals surface area contributed by atoms with E-state index in [2.05, 4.69) is 16.0 Å². The van der Waals surface area contributed by atoms with Crippen molar-refractivity contribution < 1.29 is 14.6 Å². The van der Waals surface area contributed by atoms with E-state index >= 15 is 0 Å². The zero-order valence-corrected chi connectivity index (χ0v) is 13.7. The second kappa shape index (κ2) is 6.56. The Labute approximate surface area is 136 Å². The van der Waals surface area contributed by atoms with Crippen LogP contribution in [0.4, 0.5) is 0 Å². The number of benzene rings is 1. The van der Waals surface area contributed by atoms with E-state index in [1.54, 1.807) is 14.2 Å². The number of ether oxygens (including phenoxy) is 2. The molecule has 1 aliphatic heterocycles. The van der Waals surface area contributed by atoms with Gasteiger partial charge in [0, 0.05) is 43.2 Å². The summed E-state index contributed by atoms with van der Waals surface area (Å²) in [5.41, 5.74) is 4.11. The standard InChI is InChI=1S/C18H22N2O3/c1-12-6-13(8-19-7-12)9-20-10-14-16(22-2)4-5-17(23-3)18(14)15(21)11-20/h4-8,15,21H,9-11H2,1-3H3/t15-/m0/s1. The molecule has 0 aliphatic carbocycles. The number of methoxy groups -OCH3 is 2. The number of aliphatic hydroxyl groups excluding tert-OH is 1. The normalized spacial score (nSPS) is 17.7. The lowest BCUT2D eigenvalue weighted by Gasteiger charge is -2.34. The largest absolute Gasteiger partial charge is 0.496 e. The molecule has 3 rings (SSSR count). The highest BCUT2D eigenvalue weighted by Gasteiger charge is 2.29. The first-order valence-electron chi connectivity index (χ1n) is 7.67. The molecule has 1 N–H and O–H groups in total. The predicted octanol–water partition coefficient (Wildman–Crippen LogP) is 2.46. The van der Waals surface area contributed by atoms with E-state index < -0.39 is 6.10 Å². The van der Waals surface area contributed by atoms with Crippen molar-refractivity contribution in [2.45, 2.75) is 26.1 Å². The van der Waals surface area contributed by atoms with Gasteiger partial charge in [-0.1, -0.05) is 6.07 Å². The fourth-order valence-electron chi connectivity index (χ4n) is 3.23. The van der Waals surface area contributed by atoms with Gasteiger partial charge in [-0.15, -0.1) is 0 Å². The molecule has 0 amide bonds. The van der Waals surface area contributed by atoms with Crippen molar-refractivity contribution in [3.63, 3.8) is 0 Å². The molecule has 23 heavy (non-hydrogen) atoms. The van der Waals surface area contributed by atoms with Gasteiger partial charge in [-0.2, -0.15) is 0 Å². The molecule has 0 bridgehead atoms. The monoisotopic (exact) mass is 314 g/mol. The molecule has 0 unspecified atom stereocenters. The summed E-state index contributed by atoms with van der Waals surface area (Å²) in [6.07, 6.45) is 3.12. The Morgan fingerprint density at radius 2 is 1.96 bits per heavy atom. The first kappa shape index (κ1) is 15.8. The molecule has 1 aromatic heterocycles. The maximum atomic E-state index is 10.6. The van der Waals surface area contributed by atoms with Crippen molar-refractivity contribution in [3.05, 3.63) is 52.8 Å². The van der Waals surface area contributed by atoms with E-state index in [1.807, 2.05) is 31.5 Å². The molecule has 1 atom stereocenters. The number of aromatic nitrogens is 1. The molecule has 2 heterocycles. The Hall–Kier alpha value is -2.11. The van der Waals surface area contributed by atoms with Crippen LogP contribution in [0.3, 0.4) is 0 Å². The lowest BCUT2D eigenvalue weighted by Crippen LogP contribution is -2.33. The number of aliphatic hydroxyl groups is 1. The molecule has 0 saturated carbocycles. The Bertz CT molecular complexity index is 703. The number of aryl methyl sites for hydroxylation is 1. The summed E-state index contributed by atoms with van der Waals surface area (Å²) in [4.78, 5) is 6.44. The molecular formula is C18H22N2O3. The molecule has 0 spiro atoms.